The highest BCUT2D eigenvalue weighted by molar-refractivity contribution is 9.10. The molecule has 1 heterocycles. The van der Waals surface area contributed by atoms with Gasteiger partial charge in [-0.15, -0.1) is 0 Å². The number of hydrogen-bond acceptors (Lipinski definition) is 2. The fourth-order valence-corrected chi connectivity index (χ4v) is 2.41. The zero-order valence-corrected chi connectivity index (χ0v) is 11.4. The van der Waals surface area contributed by atoms with Gasteiger partial charge in [-0.3, -0.25) is 4.79 Å². The van der Waals surface area contributed by atoms with Crippen molar-refractivity contribution in [3.63, 3.8) is 0 Å². The Labute approximate surface area is 109 Å². The monoisotopic (exact) mass is 292 g/mol. The number of furan rings is 1. The Morgan fingerprint density at radius 2 is 1.88 bits per heavy atom. The second-order valence-corrected chi connectivity index (χ2v) is 4.92. The average Bonchev–Trinajstić information content (AvgIpc) is 2.62. The number of carbonyl (C=O) groups excluding carboxylic acids is 1. The maximum atomic E-state index is 12.0. The van der Waals surface area contributed by atoms with Gasteiger partial charge < -0.3 is 4.42 Å². The van der Waals surface area contributed by atoms with E-state index in [1.807, 2.05) is 26.0 Å². The molecule has 0 atom stereocenters. The minimum absolute atomic E-state index is 0.0654. The number of carbonyl (C=O) groups is 1. The number of benzene rings is 1. The smallest absolute Gasteiger partial charge is 0.179 e. The molecule has 1 aromatic heterocycles. The number of rotatable bonds is 3. The van der Waals surface area contributed by atoms with Gasteiger partial charge in [-0.25, -0.2) is 0 Å². The van der Waals surface area contributed by atoms with Crippen LogP contribution in [0.25, 0.3) is 0 Å². The van der Waals surface area contributed by atoms with Crippen molar-refractivity contribution in [1.29, 1.82) is 0 Å². The summed E-state index contributed by atoms with van der Waals surface area (Å²) in [5.74, 6) is 0.0654. The minimum Gasteiger partial charge on any atom is -0.457 e. The molecule has 0 saturated carbocycles. The van der Waals surface area contributed by atoms with E-state index >= 15 is 0 Å². The average molecular weight is 293 g/mol. The molecule has 0 fully saturated rings. The van der Waals surface area contributed by atoms with Gasteiger partial charge in [0, 0.05) is 6.42 Å². The molecule has 0 aliphatic rings. The molecule has 0 aliphatic heterocycles. The van der Waals surface area contributed by atoms with Gasteiger partial charge in [0.25, 0.3) is 0 Å². The first-order valence-electron chi connectivity index (χ1n) is 5.39. The van der Waals surface area contributed by atoms with Crippen LogP contribution < -0.4 is 0 Å². The van der Waals surface area contributed by atoms with E-state index in [1.165, 1.54) is 17.4 Å². The van der Waals surface area contributed by atoms with Gasteiger partial charge >= 0.3 is 0 Å². The molecule has 0 bridgehead atoms. The van der Waals surface area contributed by atoms with Crippen LogP contribution >= 0.6 is 15.9 Å². The molecular formula is C14H13BrO2. The summed E-state index contributed by atoms with van der Waals surface area (Å²) in [6.07, 6.45) is 1.92. The van der Waals surface area contributed by atoms with E-state index in [-0.39, 0.29) is 5.78 Å². The molecular weight excluding hydrogens is 280 g/mol. The summed E-state index contributed by atoms with van der Waals surface area (Å²) in [6, 6.07) is 7.87. The normalized spacial score (nSPS) is 10.5. The topological polar surface area (TPSA) is 30.2 Å². The van der Waals surface area contributed by atoms with Gasteiger partial charge in [0.05, 0.1) is 11.8 Å². The van der Waals surface area contributed by atoms with Gasteiger partial charge in [-0.2, -0.15) is 0 Å². The van der Waals surface area contributed by atoms with Crippen molar-refractivity contribution in [1.82, 2.24) is 0 Å². The van der Waals surface area contributed by atoms with E-state index in [9.17, 15) is 4.79 Å². The molecule has 3 heteroatoms. The standard InChI is InChI=1S/C14H13BrO2/c1-9-5-10(2)7-11(6-9)8-13(16)12-3-4-17-14(12)15/h3-7H,8H2,1-2H3. The second-order valence-electron chi connectivity index (χ2n) is 4.20. The second kappa shape index (κ2) is 4.88. The van der Waals surface area contributed by atoms with Gasteiger partial charge in [-0.05, 0) is 41.4 Å². The third-order valence-electron chi connectivity index (χ3n) is 2.56. The summed E-state index contributed by atoms with van der Waals surface area (Å²) in [7, 11) is 0. The maximum Gasteiger partial charge on any atom is 0.179 e. The summed E-state index contributed by atoms with van der Waals surface area (Å²) in [6.45, 7) is 4.07. The lowest BCUT2D eigenvalue weighted by Crippen LogP contribution is -2.03. The van der Waals surface area contributed by atoms with Crippen molar-refractivity contribution in [3.8, 4) is 0 Å². The molecule has 0 unspecified atom stereocenters. The lowest BCUT2D eigenvalue weighted by atomic mass is 10.0. The van der Waals surface area contributed by atoms with Crippen molar-refractivity contribution in [3.05, 3.63) is 57.5 Å². The Morgan fingerprint density at radius 3 is 2.41 bits per heavy atom. The third kappa shape index (κ3) is 2.86. The van der Waals surface area contributed by atoms with Gasteiger partial charge in [-0.1, -0.05) is 29.3 Å². The molecule has 0 spiro atoms. The number of aryl methyl sites for hydroxylation is 2. The predicted octanol–water partition coefficient (Wildman–Crippen LogP) is 4.08. The molecule has 0 amide bonds. The van der Waals surface area contributed by atoms with Crippen LogP contribution in [0, 0.1) is 13.8 Å². The maximum absolute atomic E-state index is 12.0. The molecule has 2 nitrogen and oxygen atoms in total. The molecule has 0 N–H and O–H groups in total. The Kier molecular flexibility index (Phi) is 3.48. The van der Waals surface area contributed by atoms with E-state index in [0.29, 0.717) is 16.7 Å². The Morgan fingerprint density at radius 1 is 1.24 bits per heavy atom. The molecule has 0 aliphatic carbocycles. The van der Waals surface area contributed by atoms with Crippen LogP contribution in [0.1, 0.15) is 27.0 Å². The molecule has 88 valence electrons. The van der Waals surface area contributed by atoms with Crippen LogP contribution in [-0.2, 0) is 6.42 Å². The van der Waals surface area contributed by atoms with Gasteiger partial charge in [0.15, 0.2) is 10.5 Å². The molecule has 2 aromatic rings. The minimum atomic E-state index is 0.0654. The predicted molar refractivity (Wildman–Crippen MR) is 70.4 cm³/mol. The SMILES string of the molecule is Cc1cc(C)cc(CC(=O)c2ccoc2Br)c1. The summed E-state index contributed by atoms with van der Waals surface area (Å²) >= 11 is 3.22. The number of ketones is 1. The van der Waals surface area contributed by atoms with Crippen LogP contribution in [0.5, 0.6) is 0 Å². The third-order valence-corrected chi connectivity index (χ3v) is 3.18. The largest absolute Gasteiger partial charge is 0.457 e. The van der Waals surface area contributed by atoms with Crippen molar-refractivity contribution in [2.45, 2.75) is 20.3 Å². The van der Waals surface area contributed by atoms with Crippen LogP contribution in [0.3, 0.4) is 0 Å². The van der Waals surface area contributed by atoms with Crippen molar-refractivity contribution >= 4 is 21.7 Å². The van der Waals surface area contributed by atoms with E-state index in [4.69, 9.17) is 4.42 Å². The van der Waals surface area contributed by atoms with Crippen LogP contribution in [0.4, 0.5) is 0 Å². The quantitative estimate of drug-likeness (QED) is 0.798. The number of halogens is 1. The van der Waals surface area contributed by atoms with Crippen molar-refractivity contribution in [2.24, 2.45) is 0 Å². The highest BCUT2D eigenvalue weighted by atomic mass is 79.9. The van der Waals surface area contributed by atoms with E-state index in [0.717, 1.165) is 5.56 Å². The Bertz CT molecular complexity index is 535. The summed E-state index contributed by atoms with van der Waals surface area (Å²) in [5, 5.41) is 0. The summed E-state index contributed by atoms with van der Waals surface area (Å²) in [5.41, 5.74) is 4.00. The highest BCUT2D eigenvalue weighted by Crippen LogP contribution is 2.20. The van der Waals surface area contributed by atoms with Crippen LogP contribution in [0.15, 0.2) is 39.6 Å². The van der Waals surface area contributed by atoms with E-state index < -0.39 is 0 Å². The van der Waals surface area contributed by atoms with Crippen LogP contribution in [-0.4, -0.2) is 5.78 Å². The van der Waals surface area contributed by atoms with E-state index in [1.54, 1.807) is 6.07 Å². The van der Waals surface area contributed by atoms with Crippen LogP contribution in [0.2, 0.25) is 0 Å². The molecule has 0 radical (unpaired) electrons. The number of Topliss-reactive ketones (excluding diaryl/α,β-unsaturated/α-hetero) is 1. The Hall–Kier alpha value is -1.35. The molecule has 2 rings (SSSR count). The first-order chi connectivity index (χ1) is 8.06. The molecule has 1 aromatic carbocycles. The molecule has 0 saturated heterocycles. The van der Waals surface area contributed by atoms with Gasteiger partial charge in [0.2, 0.25) is 0 Å². The fourth-order valence-electron chi connectivity index (χ4n) is 1.95. The molecule has 17 heavy (non-hydrogen) atoms. The summed E-state index contributed by atoms with van der Waals surface area (Å²) in [4.78, 5) is 12.0. The highest BCUT2D eigenvalue weighted by Gasteiger charge is 2.13. The summed E-state index contributed by atoms with van der Waals surface area (Å²) < 4.78 is 5.57. The first kappa shape index (κ1) is 12.1. The fraction of sp³-hybridized carbons (Fsp3) is 0.214. The van der Waals surface area contributed by atoms with E-state index in [2.05, 4.69) is 22.0 Å². The van der Waals surface area contributed by atoms with Crippen molar-refractivity contribution < 1.29 is 9.21 Å². The Balaban J connectivity index is 2.21. The zero-order valence-electron chi connectivity index (χ0n) is 9.79. The first-order valence-corrected chi connectivity index (χ1v) is 6.19. The number of hydrogen-bond donors (Lipinski definition) is 0. The lowest BCUT2D eigenvalue weighted by molar-refractivity contribution is 0.0991. The van der Waals surface area contributed by atoms with Gasteiger partial charge in [0.1, 0.15) is 0 Å². The zero-order chi connectivity index (χ0) is 12.4. The lowest BCUT2D eigenvalue weighted by Gasteiger charge is -2.03. The van der Waals surface area contributed by atoms with Crippen molar-refractivity contribution in [2.75, 3.05) is 0 Å².